The number of fused-ring (bicyclic) bond motifs is 1. The van der Waals surface area contributed by atoms with Crippen molar-refractivity contribution in [1.29, 1.82) is 0 Å². The quantitative estimate of drug-likeness (QED) is 0.826. The molecule has 0 atom stereocenters. The number of aromatic nitrogens is 1. The maximum absolute atomic E-state index is 12.8. The van der Waals surface area contributed by atoms with E-state index in [0.29, 0.717) is 16.7 Å². The Balaban J connectivity index is 2.19. The molecule has 2 aromatic rings. The van der Waals surface area contributed by atoms with Crippen LogP contribution in [0.5, 0.6) is 0 Å². The summed E-state index contributed by atoms with van der Waals surface area (Å²) in [4.78, 5) is 6.23. The van der Waals surface area contributed by atoms with E-state index in [2.05, 4.69) is 4.98 Å². The number of benzene rings is 1. The summed E-state index contributed by atoms with van der Waals surface area (Å²) in [5.41, 5.74) is 0.711. The zero-order chi connectivity index (χ0) is 14.3. The predicted octanol–water partition coefficient (Wildman–Crippen LogP) is 4.20. The molecule has 1 aliphatic rings. The fraction of sp³-hybridized carbons (Fsp3) is 0.357. The normalized spacial score (nSPS) is 15.5. The van der Waals surface area contributed by atoms with E-state index < -0.39 is 12.6 Å². The van der Waals surface area contributed by atoms with Crippen LogP contribution in [0, 0.1) is 0 Å². The molecule has 0 spiro atoms. The number of rotatable bonds is 2. The number of halogens is 4. The van der Waals surface area contributed by atoms with E-state index in [1.54, 1.807) is 24.3 Å². The van der Waals surface area contributed by atoms with E-state index in [1.807, 2.05) is 4.90 Å². The van der Waals surface area contributed by atoms with Crippen molar-refractivity contribution >= 4 is 28.3 Å². The molecular formula is C14H12ClF3N2. The number of anilines is 1. The molecule has 20 heavy (non-hydrogen) atoms. The summed E-state index contributed by atoms with van der Waals surface area (Å²) in [5, 5.41) is 0.729. The van der Waals surface area contributed by atoms with E-state index >= 15 is 0 Å². The van der Waals surface area contributed by atoms with Crippen molar-refractivity contribution in [2.24, 2.45) is 0 Å². The molecule has 0 bridgehead atoms. The van der Waals surface area contributed by atoms with Crippen molar-refractivity contribution in [2.45, 2.75) is 19.0 Å². The van der Waals surface area contributed by atoms with Crippen molar-refractivity contribution in [3.63, 3.8) is 0 Å². The van der Waals surface area contributed by atoms with Gasteiger partial charge in [0.15, 0.2) is 0 Å². The third-order valence-corrected chi connectivity index (χ3v) is 3.87. The van der Waals surface area contributed by atoms with E-state index in [1.165, 1.54) is 0 Å². The van der Waals surface area contributed by atoms with Gasteiger partial charge >= 0.3 is 6.18 Å². The first kappa shape index (κ1) is 13.5. The molecule has 0 aliphatic carbocycles. The Labute approximate surface area is 119 Å². The molecule has 1 fully saturated rings. The molecule has 6 heteroatoms. The average molecular weight is 301 g/mol. The first-order valence-corrected chi connectivity index (χ1v) is 6.72. The van der Waals surface area contributed by atoms with Gasteiger partial charge in [-0.25, -0.2) is 4.98 Å². The highest BCUT2D eigenvalue weighted by atomic mass is 35.5. The van der Waals surface area contributed by atoms with Crippen molar-refractivity contribution in [1.82, 2.24) is 4.98 Å². The Morgan fingerprint density at radius 1 is 1.20 bits per heavy atom. The molecule has 0 saturated carbocycles. The van der Waals surface area contributed by atoms with Gasteiger partial charge in [-0.05, 0) is 12.5 Å². The van der Waals surface area contributed by atoms with Gasteiger partial charge in [-0.1, -0.05) is 29.8 Å². The van der Waals surface area contributed by atoms with E-state index in [9.17, 15) is 13.2 Å². The minimum atomic E-state index is -4.30. The molecule has 1 aliphatic heterocycles. The van der Waals surface area contributed by atoms with Crippen LogP contribution >= 0.6 is 11.6 Å². The number of alkyl halides is 3. The van der Waals surface area contributed by atoms with Crippen LogP contribution in [0.2, 0.25) is 5.02 Å². The molecule has 1 aromatic carbocycles. The van der Waals surface area contributed by atoms with Gasteiger partial charge in [-0.15, -0.1) is 0 Å². The number of para-hydroxylation sites is 1. The number of nitrogens with zero attached hydrogens (tertiary/aromatic N) is 2. The lowest BCUT2D eigenvalue weighted by atomic mass is 10.1. The molecule has 0 amide bonds. The van der Waals surface area contributed by atoms with Gasteiger partial charge in [0.25, 0.3) is 0 Å². The third-order valence-electron chi connectivity index (χ3n) is 3.43. The van der Waals surface area contributed by atoms with Gasteiger partial charge in [0, 0.05) is 24.0 Å². The Morgan fingerprint density at radius 2 is 1.90 bits per heavy atom. The number of pyridine rings is 1. The lowest BCUT2D eigenvalue weighted by molar-refractivity contribution is -0.127. The van der Waals surface area contributed by atoms with Crippen molar-refractivity contribution in [2.75, 3.05) is 18.0 Å². The maximum atomic E-state index is 12.8. The molecule has 106 valence electrons. The van der Waals surface area contributed by atoms with Crippen LogP contribution in [0.15, 0.2) is 24.3 Å². The summed E-state index contributed by atoms with van der Waals surface area (Å²) in [6.07, 6.45) is -4.37. The fourth-order valence-corrected chi connectivity index (χ4v) is 2.66. The van der Waals surface area contributed by atoms with Gasteiger partial charge in [-0.3, -0.25) is 0 Å². The minimum Gasteiger partial charge on any atom is -0.356 e. The average Bonchev–Trinajstić information content (AvgIpc) is 2.31. The lowest BCUT2D eigenvalue weighted by Gasteiger charge is -2.34. The molecular weight excluding hydrogens is 289 g/mol. The topological polar surface area (TPSA) is 16.1 Å². The summed E-state index contributed by atoms with van der Waals surface area (Å²) in [6.45, 7) is 1.46. The van der Waals surface area contributed by atoms with Crippen LogP contribution in [0.1, 0.15) is 12.0 Å². The smallest absolute Gasteiger partial charge is 0.356 e. The van der Waals surface area contributed by atoms with Gasteiger partial charge in [-0.2, -0.15) is 13.2 Å². The van der Waals surface area contributed by atoms with Crippen LogP contribution in [-0.4, -0.2) is 24.2 Å². The SMILES string of the molecule is FC(F)(F)Cc1c(N2CCC2)nc2ccccc2c1Cl. The van der Waals surface area contributed by atoms with Crippen LogP contribution in [-0.2, 0) is 6.42 Å². The van der Waals surface area contributed by atoms with E-state index in [0.717, 1.165) is 19.5 Å². The Hall–Kier alpha value is -1.49. The third kappa shape index (κ3) is 2.42. The van der Waals surface area contributed by atoms with Crippen molar-refractivity contribution in [3.8, 4) is 0 Å². The van der Waals surface area contributed by atoms with Crippen LogP contribution < -0.4 is 4.90 Å². The zero-order valence-corrected chi connectivity index (χ0v) is 11.3. The maximum Gasteiger partial charge on any atom is 0.393 e. The highest BCUT2D eigenvalue weighted by Crippen LogP contribution is 2.37. The van der Waals surface area contributed by atoms with Gasteiger partial charge in [0.2, 0.25) is 0 Å². The van der Waals surface area contributed by atoms with Crippen LogP contribution in [0.25, 0.3) is 10.9 Å². The number of hydrogen-bond donors (Lipinski definition) is 0. The second-order valence-corrected chi connectivity index (χ2v) is 5.26. The highest BCUT2D eigenvalue weighted by molar-refractivity contribution is 6.36. The standard InChI is InChI=1S/C14H12ClF3N2/c15-12-9-4-1-2-5-11(9)19-13(20-6-3-7-20)10(12)8-14(16,17)18/h1-2,4-5H,3,6-8H2. The minimum absolute atomic E-state index is 0.0811. The predicted molar refractivity (Wildman–Crippen MR) is 73.3 cm³/mol. The van der Waals surface area contributed by atoms with E-state index in [-0.39, 0.29) is 10.6 Å². The van der Waals surface area contributed by atoms with Crippen LogP contribution in [0.4, 0.5) is 19.0 Å². The van der Waals surface area contributed by atoms with Gasteiger partial charge in [0.1, 0.15) is 5.82 Å². The summed E-state index contributed by atoms with van der Waals surface area (Å²) in [5.74, 6) is 0.372. The first-order valence-electron chi connectivity index (χ1n) is 6.34. The zero-order valence-electron chi connectivity index (χ0n) is 10.5. The summed E-state index contributed by atoms with van der Waals surface area (Å²) < 4.78 is 38.3. The van der Waals surface area contributed by atoms with Crippen molar-refractivity contribution in [3.05, 3.63) is 34.9 Å². The largest absolute Gasteiger partial charge is 0.393 e. The molecule has 0 radical (unpaired) electrons. The first-order chi connectivity index (χ1) is 9.46. The summed E-state index contributed by atoms with van der Waals surface area (Å²) >= 11 is 6.21. The van der Waals surface area contributed by atoms with Gasteiger partial charge in [0.05, 0.1) is 17.0 Å². The Kier molecular flexibility index (Phi) is 3.24. The molecule has 1 aromatic heterocycles. The molecule has 2 nitrogen and oxygen atoms in total. The molecule has 3 rings (SSSR count). The number of hydrogen-bond acceptors (Lipinski definition) is 2. The monoisotopic (exact) mass is 300 g/mol. The summed E-state index contributed by atoms with van der Waals surface area (Å²) in [7, 11) is 0. The second-order valence-electron chi connectivity index (χ2n) is 4.88. The molecule has 2 heterocycles. The van der Waals surface area contributed by atoms with Gasteiger partial charge < -0.3 is 4.90 Å². The summed E-state index contributed by atoms with van der Waals surface area (Å²) in [6, 6.07) is 7.01. The molecule has 1 saturated heterocycles. The second kappa shape index (κ2) is 4.81. The fourth-order valence-electron chi connectivity index (χ4n) is 2.35. The Morgan fingerprint density at radius 3 is 2.50 bits per heavy atom. The highest BCUT2D eigenvalue weighted by Gasteiger charge is 2.33. The lowest BCUT2D eigenvalue weighted by Crippen LogP contribution is -2.38. The molecule has 0 N–H and O–H groups in total. The Bertz CT molecular complexity index is 651. The van der Waals surface area contributed by atoms with Crippen LogP contribution in [0.3, 0.4) is 0 Å². The molecule has 0 unspecified atom stereocenters. The van der Waals surface area contributed by atoms with E-state index in [4.69, 9.17) is 11.6 Å². The van der Waals surface area contributed by atoms with Crippen molar-refractivity contribution < 1.29 is 13.2 Å².